The van der Waals surface area contributed by atoms with Gasteiger partial charge in [0.15, 0.2) is 0 Å². The molecule has 2 aromatic rings. The third kappa shape index (κ3) is 1.68. The van der Waals surface area contributed by atoms with Crippen molar-refractivity contribution in [3.05, 3.63) is 36.5 Å². The number of hydrogen-bond donors (Lipinski definition) is 1. The molecule has 15 heavy (non-hydrogen) atoms. The minimum Gasteiger partial charge on any atom is -0.497 e. The van der Waals surface area contributed by atoms with Crippen LogP contribution in [0.25, 0.3) is 11.1 Å². The first-order valence-corrected chi connectivity index (χ1v) is 4.77. The zero-order valence-electron chi connectivity index (χ0n) is 8.90. The third-order valence-electron chi connectivity index (χ3n) is 2.50. The molecule has 0 radical (unpaired) electrons. The lowest BCUT2D eigenvalue weighted by Crippen LogP contribution is -1.95. The maximum atomic E-state index is 5.95. The number of nitrogens with two attached hydrogens (primary N) is 1. The minimum absolute atomic E-state index is 0.767. The van der Waals surface area contributed by atoms with E-state index >= 15 is 0 Å². The first-order valence-electron chi connectivity index (χ1n) is 4.77. The van der Waals surface area contributed by atoms with E-state index in [9.17, 15) is 0 Å². The molecule has 0 atom stereocenters. The molecule has 78 valence electrons. The number of aromatic nitrogens is 1. The van der Waals surface area contributed by atoms with Crippen molar-refractivity contribution >= 4 is 5.82 Å². The van der Waals surface area contributed by atoms with Crippen LogP contribution in [0.15, 0.2) is 36.5 Å². The predicted octanol–water partition coefficient (Wildman–Crippen LogP) is 2.28. The highest BCUT2D eigenvalue weighted by Crippen LogP contribution is 2.28. The summed E-state index contributed by atoms with van der Waals surface area (Å²) in [6.07, 6.45) is 1.95. The maximum Gasteiger partial charge on any atom is 0.119 e. The van der Waals surface area contributed by atoms with Crippen molar-refractivity contribution in [3.8, 4) is 16.9 Å². The van der Waals surface area contributed by atoms with E-state index in [4.69, 9.17) is 10.5 Å². The second kappa shape index (κ2) is 3.69. The Morgan fingerprint density at radius 3 is 2.67 bits per heavy atom. The van der Waals surface area contributed by atoms with Crippen LogP contribution in [0, 0.1) is 0 Å². The summed E-state index contributed by atoms with van der Waals surface area (Å²) in [5.41, 5.74) is 8.06. The van der Waals surface area contributed by atoms with Crippen molar-refractivity contribution < 1.29 is 4.74 Å². The fourth-order valence-corrected chi connectivity index (χ4v) is 1.58. The summed E-state index contributed by atoms with van der Waals surface area (Å²) >= 11 is 0. The molecule has 0 aliphatic carbocycles. The van der Waals surface area contributed by atoms with Gasteiger partial charge in [0.1, 0.15) is 11.6 Å². The molecule has 2 N–H and O–H groups in total. The number of ether oxygens (including phenoxy) is 1. The molecule has 0 bridgehead atoms. The van der Waals surface area contributed by atoms with Gasteiger partial charge in [0.05, 0.1) is 7.11 Å². The first-order chi connectivity index (χ1) is 7.22. The lowest BCUT2D eigenvalue weighted by atomic mass is 10.1. The van der Waals surface area contributed by atoms with Crippen molar-refractivity contribution in [2.45, 2.75) is 0 Å². The summed E-state index contributed by atoms with van der Waals surface area (Å²) in [4.78, 5) is 0. The number of methoxy groups -OCH3 is 1. The summed E-state index contributed by atoms with van der Waals surface area (Å²) in [7, 11) is 3.59. The van der Waals surface area contributed by atoms with E-state index in [2.05, 4.69) is 0 Å². The lowest BCUT2D eigenvalue weighted by molar-refractivity contribution is 0.415. The molecule has 0 unspecified atom stereocenters. The molecule has 0 spiro atoms. The molecule has 0 saturated heterocycles. The SMILES string of the molecule is COc1cccc(-c2ccn(C)c2N)c1. The number of nitrogen functional groups attached to an aromatic ring is 1. The largest absolute Gasteiger partial charge is 0.497 e. The maximum absolute atomic E-state index is 5.95. The average molecular weight is 202 g/mol. The van der Waals surface area contributed by atoms with E-state index in [1.807, 2.05) is 48.1 Å². The number of hydrogen-bond acceptors (Lipinski definition) is 2. The summed E-state index contributed by atoms with van der Waals surface area (Å²) in [6.45, 7) is 0. The first kappa shape index (κ1) is 9.65. The van der Waals surface area contributed by atoms with Crippen molar-refractivity contribution in [1.82, 2.24) is 4.57 Å². The third-order valence-corrected chi connectivity index (χ3v) is 2.50. The minimum atomic E-state index is 0.767. The van der Waals surface area contributed by atoms with Gasteiger partial charge in [-0.3, -0.25) is 0 Å². The fraction of sp³-hybridized carbons (Fsp3) is 0.167. The van der Waals surface area contributed by atoms with Crippen LogP contribution in [-0.4, -0.2) is 11.7 Å². The molecule has 3 heteroatoms. The van der Waals surface area contributed by atoms with Crippen molar-refractivity contribution in [3.63, 3.8) is 0 Å². The van der Waals surface area contributed by atoms with E-state index in [-0.39, 0.29) is 0 Å². The van der Waals surface area contributed by atoms with Crippen molar-refractivity contribution in [2.75, 3.05) is 12.8 Å². The Hall–Kier alpha value is -1.90. The number of benzene rings is 1. The van der Waals surface area contributed by atoms with Gasteiger partial charge in [-0.2, -0.15) is 0 Å². The predicted molar refractivity (Wildman–Crippen MR) is 61.8 cm³/mol. The van der Waals surface area contributed by atoms with Gasteiger partial charge in [-0.25, -0.2) is 0 Å². The molecule has 0 amide bonds. The Bertz CT molecular complexity index is 474. The Kier molecular flexibility index (Phi) is 2.37. The number of nitrogens with zero attached hydrogens (tertiary/aromatic N) is 1. The average Bonchev–Trinajstić information content (AvgIpc) is 2.60. The lowest BCUT2D eigenvalue weighted by Gasteiger charge is -2.04. The number of anilines is 1. The van der Waals surface area contributed by atoms with Crippen LogP contribution in [-0.2, 0) is 7.05 Å². The molecule has 0 fully saturated rings. The van der Waals surface area contributed by atoms with E-state index in [1.165, 1.54) is 0 Å². The summed E-state index contributed by atoms with van der Waals surface area (Å²) < 4.78 is 7.07. The monoisotopic (exact) mass is 202 g/mol. The molecule has 2 rings (SSSR count). The van der Waals surface area contributed by atoms with Gasteiger partial charge in [0, 0.05) is 18.8 Å². The van der Waals surface area contributed by atoms with Crippen molar-refractivity contribution in [1.29, 1.82) is 0 Å². The van der Waals surface area contributed by atoms with Gasteiger partial charge in [-0.05, 0) is 23.8 Å². The smallest absolute Gasteiger partial charge is 0.119 e. The van der Waals surface area contributed by atoms with Crippen LogP contribution >= 0.6 is 0 Å². The van der Waals surface area contributed by atoms with Crippen LogP contribution in [0.3, 0.4) is 0 Å². The summed E-state index contributed by atoms with van der Waals surface area (Å²) in [5.74, 6) is 1.61. The highest BCUT2D eigenvalue weighted by molar-refractivity contribution is 5.75. The van der Waals surface area contributed by atoms with Gasteiger partial charge in [0.2, 0.25) is 0 Å². The normalized spacial score (nSPS) is 10.3. The topological polar surface area (TPSA) is 40.2 Å². The molecular formula is C12H14N2O. The van der Waals surface area contributed by atoms with Crippen LogP contribution in [0.4, 0.5) is 5.82 Å². The Morgan fingerprint density at radius 2 is 2.07 bits per heavy atom. The Balaban J connectivity index is 2.49. The molecule has 0 aliphatic heterocycles. The molecule has 1 aromatic carbocycles. The van der Waals surface area contributed by atoms with E-state index in [0.29, 0.717) is 0 Å². The zero-order chi connectivity index (χ0) is 10.8. The number of rotatable bonds is 2. The highest BCUT2D eigenvalue weighted by Gasteiger charge is 2.06. The van der Waals surface area contributed by atoms with E-state index in [1.54, 1.807) is 7.11 Å². The molecule has 0 saturated carbocycles. The van der Waals surface area contributed by atoms with Gasteiger partial charge < -0.3 is 15.0 Å². The van der Waals surface area contributed by atoms with Crippen LogP contribution in [0.1, 0.15) is 0 Å². The van der Waals surface area contributed by atoms with Gasteiger partial charge >= 0.3 is 0 Å². The quantitative estimate of drug-likeness (QED) is 0.811. The van der Waals surface area contributed by atoms with Crippen LogP contribution in [0.5, 0.6) is 5.75 Å². The van der Waals surface area contributed by atoms with Crippen molar-refractivity contribution in [2.24, 2.45) is 7.05 Å². The van der Waals surface area contributed by atoms with Gasteiger partial charge in [-0.15, -0.1) is 0 Å². The Labute approximate surface area is 89.1 Å². The molecule has 3 nitrogen and oxygen atoms in total. The van der Waals surface area contributed by atoms with E-state index < -0.39 is 0 Å². The molecule has 1 heterocycles. The van der Waals surface area contributed by atoms with Gasteiger partial charge in [-0.1, -0.05) is 12.1 Å². The second-order valence-corrected chi connectivity index (χ2v) is 3.46. The highest BCUT2D eigenvalue weighted by atomic mass is 16.5. The van der Waals surface area contributed by atoms with E-state index in [0.717, 1.165) is 22.7 Å². The standard InChI is InChI=1S/C12H14N2O/c1-14-7-6-11(12(14)13)9-4-3-5-10(8-9)15-2/h3-8H,13H2,1-2H3. The molecule has 0 aliphatic rings. The molecule has 1 aromatic heterocycles. The van der Waals surface area contributed by atoms with Crippen LogP contribution in [0.2, 0.25) is 0 Å². The number of aryl methyl sites for hydroxylation is 1. The fourth-order valence-electron chi connectivity index (χ4n) is 1.58. The van der Waals surface area contributed by atoms with Crippen LogP contribution < -0.4 is 10.5 Å². The summed E-state index contributed by atoms with van der Waals surface area (Å²) in [5, 5.41) is 0. The Morgan fingerprint density at radius 1 is 1.27 bits per heavy atom. The summed E-state index contributed by atoms with van der Waals surface area (Å²) in [6, 6.07) is 9.88. The second-order valence-electron chi connectivity index (χ2n) is 3.46. The molecular weight excluding hydrogens is 188 g/mol. The zero-order valence-corrected chi connectivity index (χ0v) is 8.90. The van der Waals surface area contributed by atoms with Gasteiger partial charge in [0.25, 0.3) is 0 Å².